The highest BCUT2D eigenvalue weighted by Gasteiger charge is 2.47. The molecule has 0 unspecified atom stereocenters. The van der Waals surface area contributed by atoms with E-state index in [2.05, 4.69) is 11.6 Å². The van der Waals surface area contributed by atoms with Gasteiger partial charge in [-0.25, -0.2) is 0 Å². The van der Waals surface area contributed by atoms with Crippen LogP contribution in [0.4, 0.5) is 5.69 Å². The average molecular weight is 280 g/mol. The van der Waals surface area contributed by atoms with Crippen LogP contribution in [0.2, 0.25) is 0 Å². The number of hydrogen-bond donors (Lipinski definition) is 0. The van der Waals surface area contributed by atoms with Gasteiger partial charge >= 0.3 is 0 Å². The minimum absolute atomic E-state index is 0.0444. The summed E-state index contributed by atoms with van der Waals surface area (Å²) in [6.45, 7) is 3.78. The van der Waals surface area contributed by atoms with Gasteiger partial charge in [0, 0.05) is 18.1 Å². The van der Waals surface area contributed by atoms with Gasteiger partial charge in [-0.05, 0) is 35.9 Å². The van der Waals surface area contributed by atoms with Crippen molar-refractivity contribution in [3.63, 3.8) is 0 Å². The largest absolute Gasteiger partial charge is 0.497 e. The Labute approximate surface area is 123 Å². The molecule has 4 heteroatoms. The molecule has 1 amide bonds. The summed E-state index contributed by atoms with van der Waals surface area (Å²) in [7, 11) is 1.62. The normalized spacial score (nSPS) is 20.8. The molecule has 0 spiro atoms. The van der Waals surface area contributed by atoms with Crippen LogP contribution in [0.1, 0.15) is 11.6 Å². The number of β-lactam (4-membered cyclic amide) rings is 1. The van der Waals surface area contributed by atoms with Gasteiger partial charge in [0.2, 0.25) is 5.91 Å². The zero-order chi connectivity index (χ0) is 14.8. The van der Waals surface area contributed by atoms with Crippen LogP contribution >= 0.6 is 0 Å². The fraction of sp³-hybridized carbons (Fsp3) is 0.176. The molecular formula is C17H16N2O2. The van der Waals surface area contributed by atoms with E-state index >= 15 is 0 Å². The Morgan fingerprint density at radius 2 is 2.05 bits per heavy atom. The zero-order valence-corrected chi connectivity index (χ0v) is 11.8. The number of carbonyl (C=O) groups excluding carboxylic acids is 1. The van der Waals surface area contributed by atoms with E-state index in [9.17, 15) is 4.79 Å². The molecule has 0 N–H and O–H groups in total. The molecular weight excluding hydrogens is 264 g/mol. The van der Waals surface area contributed by atoms with Crippen molar-refractivity contribution in [1.82, 2.24) is 4.98 Å². The second kappa shape index (κ2) is 5.40. The van der Waals surface area contributed by atoms with E-state index < -0.39 is 0 Å². The number of hydrogen-bond acceptors (Lipinski definition) is 3. The van der Waals surface area contributed by atoms with Crippen LogP contribution < -0.4 is 9.64 Å². The number of ether oxygens (including phenoxy) is 1. The molecule has 1 aliphatic heterocycles. The van der Waals surface area contributed by atoms with E-state index in [4.69, 9.17) is 4.74 Å². The zero-order valence-electron chi connectivity index (χ0n) is 11.8. The van der Waals surface area contributed by atoms with Gasteiger partial charge in [0.1, 0.15) is 5.75 Å². The topological polar surface area (TPSA) is 42.4 Å². The highest BCUT2D eigenvalue weighted by Crippen LogP contribution is 2.43. The summed E-state index contributed by atoms with van der Waals surface area (Å²) in [5, 5.41) is 0. The van der Waals surface area contributed by atoms with Crippen molar-refractivity contribution in [2.75, 3.05) is 12.0 Å². The van der Waals surface area contributed by atoms with Crippen LogP contribution in [-0.4, -0.2) is 18.0 Å². The van der Waals surface area contributed by atoms with Gasteiger partial charge in [-0.15, -0.1) is 6.58 Å². The number of pyridine rings is 1. The van der Waals surface area contributed by atoms with Crippen LogP contribution in [0.25, 0.3) is 0 Å². The van der Waals surface area contributed by atoms with Gasteiger partial charge in [-0.2, -0.15) is 0 Å². The molecule has 21 heavy (non-hydrogen) atoms. The predicted octanol–water partition coefficient (Wildman–Crippen LogP) is 2.98. The van der Waals surface area contributed by atoms with Gasteiger partial charge in [-0.1, -0.05) is 12.1 Å². The van der Waals surface area contributed by atoms with Gasteiger partial charge in [0.15, 0.2) is 0 Å². The Morgan fingerprint density at radius 1 is 1.29 bits per heavy atom. The molecule has 0 aliphatic carbocycles. The van der Waals surface area contributed by atoms with Gasteiger partial charge < -0.3 is 9.64 Å². The smallest absolute Gasteiger partial charge is 0.236 e. The van der Waals surface area contributed by atoms with E-state index in [0.29, 0.717) is 0 Å². The molecule has 2 atom stereocenters. The van der Waals surface area contributed by atoms with Crippen LogP contribution in [0, 0.1) is 5.92 Å². The standard InChI is InChI=1S/C17H16N2O2/c1-3-15-16(12-5-4-10-18-11-12)19(17(15)20)13-6-8-14(21-2)9-7-13/h3-11,15-16H,1H2,2H3/t15-,16-/m1/s1. The van der Waals surface area contributed by atoms with E-state index in [-0.39, 0.29) is 17.9 Å². The molecule has 106 valence electrons. The Kier molecular flexibility index (Phi) is 3.44. The fourth-order valence-electron chi connectivity index (χ4n) is 2.68. The number of benzene rings is 1. The van der Waals surface area contributed by atoms with Gasteiger partial charge in [0.25, 0.3) is 0 Å². The molecule has 2 aromatic rings. The molecule has 1 fully saturated rings. The fourth-order valence-corrected chi connectivity index (χ4v) is 2.68. The maximum absolute atomic E-state index is 12.3. The van der Waals surface area contributed by atoms with E-state index in [1.165, 1.54) is 0 Å². The third-order valence-corrected chi connectivity index (χ3v) is 3.77. The molecule has 2 heterocycles. The van der Waals surface area contributed by atoms with E-state index in [1.54, 1.807) is 30.5 Å². The third kappa shape index (κ3) is 2.18. The number of anilines is 1. The van der Waals surface area contributed by atoms with Crippen molar-refractivity contribution >= 4 is 11.6 Å². The number of carbonyl (C=O) groups is 1. The average Bonchev–Trinajstić information content (AvgIpc) is 2.54. The first-order chi connectivity index (χ1) is 10.3. The van der Waals surface area contributed by atoms with E-state index in [0.717, 1.165) is 17.0 Å². The molecule has 1 aromatic carbocycles. The summed E-state index contributed by atoms with van der Waals surface area (Å²) < 4.78 is 5.15. The summed E-state index contributed by atoms with van der Waals surface area (Å²) in [6.07, 6.45) is 5.23. The number of nitrogens with zero attached hydrogens (tertiary/aromatic N) is 2. The first-order valence-corrected chi connectivity index (χ1v) is 6.76. The summed E-state index contributed by atoms with van der Waals surface area (Å²) in [6, 6.07) is 11.3. The summed E-state index contributed by atoms with van der Waals surface area (Å²) in [5.41, 5.74) is 1.87. The predicted molar refractivity (Wildman–Crippen MR) is 81.1 cm³/mol. The minimum Gasteiger partial charge on any atom is -0.497 e. The summed E-state index contributed by atoms with van der Waals surface area (Å²) in [5.74, 6) is 0.630. The first-order valence-electron chi connectivity index (χ1n) is 6.76. The second-order valence-corrected chi connectivity index (χ2v) is 4.90. The van der Waals surface area contributed by atoms with Crippen LogP contribution in [-0.2, 0) is 4.79 Å². The van der Waals surface area contributed by atoms with Crippen molar-refractivity contribution in [1.29, 1.82) is 0 Å². The van der Waals surface area contributed by atoms with E-state index in [1.807, 2.05) is 36.4 Å². The maximum Gasteiger partial charge on any atom is 0.236 e. The number of methoxy groups -OCH3 is 1. The lowest BCUT2D eigenvalue weighted by Gasteiger charge is -2.46. The van der Waals surface area contributed by atoms with Crippen molar-refractivity contribution in [2.45, 2.75) is 6.04 Å². The number of rotatable bonds is 4. The Hall–Kier alpha value is -2.62. The molecule has 1 saturated heterocycles. The third-order valence-electron chi connectivity index (χ3n) is 3.77. The lowest BCUT2D eigenvalue weighted by molar-refractivity contribution is -0.128. The minimum atomic E-state index is -0.198. The quantitative estimate of drug-likeness (QED) is 0.638. The summed E-state index contributed by atoms with van der Waals surface area (Å²) in [4.78, 5) is 18.3. The highest BCUT2D eigenvalue weighted by molar-refractivity contribution is 6.04. The summed E-state index contributed by atoms with van der Waals surface area (Å²) >= 11 is 0. The van der Waals surface area contributed by atoms with Gasteiger partial charge in [0.05, 0.1) is 19.1 Å². The molecule has 1 aliphatic rings. The molecule has 0 saturated carbocycles. The van der Waals surface area contributed by atoms with Crippen molar-refractivity contribution < 1.29 is 9.53 Å². The Bertz CT molecular complexity index is 652. The first kappa shape index (κ1) is 13.4. The lowest BCUT2D eigenvalue weighted by Crippen LogP contribution is -2.54. The van der Waals surface area contributed by atoms with Gasteiger partial charge in [-0.3, -0.25) is 9.78 Å². The molecule has 0 radical (unpaired) electrons. The maximum atomic E-state index is 12.3. The molecule has 1 aromatic heterocycles. The number of aromatic nitrogens is 1. The lowest BCUT2D eigenvalue weighted by atomic mass is 9.82. The molecule has 0 bridgehead atoms. The van der Waals surface area contributed by atoms with Crippen LogP contribution in [0.3, 0.4) is 0 Å². The Balaban J connectivity index is 1.95. The monoisotopic (exact) mass is 280 g/mol. The number of amides is 1. The second-order valence-electron chi connectivity index (χ2n) is 4.90. The molecule has 4 nitrogen and oxygen atoms in total. The Morgan fingerprint density at radius 3 is 2.62 bits per heavy atom. The van der Waals surface area contributed by atoms with Crippen molar-refractivity contribution in [3.8, 4) is 5.75 Å². The highest BCUT2D eigenvalue weighted by atomic mass is 16.5. The van der Waals surface area contributed by atoms with Crippen LogP contribution in [0.15, 0.2) is 61.4 Å². The van der Waals surface area contributed by atoms with Crippen LogP contribution in [0.5, 0.6) is 5.75 Å². The molecule has 3 rings (SSSR count). The SMILES string of the molecule is C=C[C@H]1C(=O)N(c2ccc(OC)cc2)[C@@H]1c1cccnc1. The van der Waals surface area contributed by atoms with Crippen molar-refractivity contribution in [2.24, 2.45) is 5.92 Å². The van der Waals surface area contributed by atoms with Crippen molar-refractivity contribution in [3.05, 3.63) is 67.0 Å².